The summed E-state index contributed by atoms with van der Waals surface area (Å²) in [6.45, 7) is 7.62. The van der Waals surface area contributed by atoms with Gasteiger partial charge in [0.15, 0.2) is 5.69 Å². The van der Waals surface area contributed by atoms with Gasteiger partial charge in [0.25, 0.3) is 0 Å². The Kier molecular flexibility index (Phi) is 4.11. The summed E-state index contributed by atoms with van der Waals surface area (Å²) in [5, 5.41) is 21.0. The Labute approximate surface area is 154 Å². The average molecular weight is 362 g/mol. The highest BCUT2D eigenvalue weighted by Gasteiger charge is 2.11. The van der Waals surface area contributed by atoms with E-state index in [0.717, 1.165) is 16.5 Å². The van der Waals surface area contributed by atoms with E-state index in [0.29, 0.717) is 34.8 Å². The van der Waals surface area contributed by atoms with Crippen molar-refractivity contribution in [3.8, 4) is 17.2 Å². The van der Waals surface area contributed by atoms with Crippen molar-refractivity contribution < 1.29 is 9.84 Å². The minimum Gasteiger partial charge on any atom is -0.506 e. The Bertz CT molecular complexity index is 1160. The third-order valence-corrected chi connectivity index (χ3v) is 4.16. The molecule has 0 saturated heterocycles. The van der Waals surface area contributed by atoms with Crippen molar-refractivity contribution in [1.29, 1.82) is 0 Å². The molecule has 0 radical (unpaired) electrons. The van der Waals surface area contributed by atoms with E-state index in [1.807, 2.05) is 24.3 Å². The van der Waals surface area contributed by atoms with E-state index in [-0.39, 0.29) is 5.75 Å². The van der Waals surface area contributed by atoms with E-state index >= 15 is 0 Å². The van der Waals surface area contributed by atoms with Crippen LogP contribution in [0.4, 0.5) is 5.69 Å². The van der Waals surface area contributed by atoms with Gasteiger partial charge >= 0.3 is 0 Å². The minimum absolute atomic E-state index is 0.0761. The van der Waals surface area contributed by atoms with Crippen LogP contribution in [0.5, 0.6) is 11.5 Å². The molecule has 0 aliphatic heterocycles. The predicted octanol–water partition coefficient (Wildman–Crippen LogP) is 4.14. The SMILES string of the molecule is [C-]#[N+]c1ccc2nn(-c3cc4cc(OCCS)ccc4cc3O)nc2c1. The molecule has 26 heavy (non-hydrogen) atoms. The summed E-state index contributed by atoms with van der Waals surface area (Å²) in [7, 11) is 0. The molecule has 1 aromatic heterocycles. The number of aromatic nitrogens is 3. The second-order valence-corrected chi connectivity index (χ2v) is 6.14. The van der Waals surface area contributed by atoms with Crippen molar-refractivity contribution in [1.82, 2.24) is 15.0 Å². The molecule has 1 heterocycles. The van der Waals surface area contributed by atoms with E-state index in [1.54, 1.807) is 24.3 Å². The summed E-state index contributed by atoms with van der Waals surface area (Å²) in [4.78, 5) is 4.78. The van der Waals surface area contributed by atoms with Gasteiger partial charge in [-0.25, -0.2) is 4.85 Å². The van der Waals surface area contributed by atoms with E-state index in [2.05, 4.69) is 27.7 Å². The van der Waals surface area contributed by atoms with Crippen LogP contribution in [-0.2, 0) is 0 Å². The molecule has 0 bridgehead atoms. The number of rotatable bonds is 4. The molecule has 0 unspecified atom stereocenters. The van der Waals surface area contributed by atoms with Gasteiger partial charge in [-0.1, -0.05) is 12.1 Å². The molecule has 6 nitrogen and oxygen atoms in total. The number of thiol groups is 1. The number of hydrogen-bond donors (Lipinski definition) is 2. The van der Waals surface area contributed by atoms with Crippen LogP contribution in [0.3, 0.4) is 0 Å². The monoisotopic (exact) mass is 362 g/mol. The Morgan fingerprint density at radius 1 is 1.04 bits per heavy atom. The van der Waals surface area contributed by atoms with Gasteiger partial charge in [-0.05, 0) is 47.2 Å². The molecule has 0 amide bonds. The molecule has 0 aliphatic carbocycles. The van der Waals surface area contributed by atoms with Gasteiger partial charge in [-0.15, -0.1) is 15.0 Å². The molecule has 0 spiro atoms. The number of hydrogen-bond acceptors (Lipinski definition) is 5. The molecular formula is C19H14N4O2S. The molecule has 4 rings (SSSR count). The van der Waals surface area contributed by atoms with Crippen LogP contribution in [0.1, 0.15) is 0 Å². The van der Waals surface area contributed by atoms with Crippen molar-refractivity contribution in [2.75, 3.05) is 12.4 Å². The van der Waals surface area contributed by atoms with Gasteiger partial charge in [-0.2, -0.15) is 12.6 Å². The largest absolute Gasteiger partial charge is 0.506 e. The number of ether oxygens (including phenoxy) is 1. The first-order valence-electron chi connectivity index (χ1n) is 7.93. The second-order valence-electron chi connectivity index (χ2n) is 5.70. The van der Waals surface area contributed by atoms with Crippen molar-refractivity contribution in [2.45, 2.75) is 0 Å². The molecule has 128 valence electrons. The Morgan fingerprint density at radius 3 is 2.69 bits per heavy atom. The van der Waals surface area contributed by atoms with Crippen LogP contribution in [-0.4, -0.2) is 32.5 Å². The molecule has 1 N–H and O–H groups in total. The lowest BCUT2D eigenvalue weighted by Gasteiger charge is -2.08. The molecule has 3 aromatic carbocycles. The first-order chi connectivity index (χ1) is 12.7. The maximum atomic E-state index is 10.4. The first kappa shape index (κ1) is 16.2. The van der Waals surface area contributed by atoms with Gasteiger partial charge in [0, 0.05) is 5.75 Å². The summed E-state index contributed by atoms with van der Waals surface area (Å²) in [6, 6.07) is 14.3. The first-order valence-corrected chi connectivity index (χ1v) is 8.56. The number of fused-ring (bicyclic) bond motifs is 2. The zero-order valence-electron chi connectivity index (χ0n) is 13.6. The zero-order valence-corrected chi connectivity index (χ0v) is 14.5. The van der Waals surface area contributed by atoms with Gasteiger partial charge in [0.1, 0.15) is 28.2 Å². The Balaban J connectivity index is 1.82. The van der Waals surface area contributed by atoms with E-state index < -0.39 is 0 Å². The van der Waals surface area contributed by atoms with Crippen molar-refractivity contribution >= 4 is 40.1 Å². The minimum atomic E-state index is 0.0761. The van der Waals surface area contributed by atoms with E-state index in [4.69, 9.17) is 11.3 Å². The Morgan fingerprint density at radius 2 is 1.88 bits per heavy atom. The summed E-state index contributed by atoms with van der Waals surface area (Å²) >= 11 is 4.14. The predicted molar refractivity (Wildman–Crippen MR) is 104 cm³/mol. The fraction of sp³-hybridized carbons (Fsp3) is 0.105. The summed E-state index contributed by atoms with van der Waals surface area (Å²) in [5.74, 6) is 1.45. The topological polar surface area (TPSA) is 64.5 Å². The zero-order chi connectivity index (χ0) is 18.1. The van der Waals surface area contributed by atoms with Gasteiger partial charge in [-0.3, -0.25) is 0 Å². The molecular weight excluding hydrogens is 348 g/mol. The fourth-order valence-corrected chi connectivity index (χ4v) is 2.84. The molecule has 4 aromatic rings. The van der Waals surface area contributed by atoms with E-state index in [9.17, 15) is 5.11 Å². The average Bonchev–Trinajstić information content (AvgIpc) is 3.08. The van der Waals surface area contributed by atoms with Crippen LogP contribution in [0, 0.1) is 6.57 Å². The standard InChI is InChI=1S/C19H14N4O2S/c1-20-14-3-5-16-17(11-14)22-23(21-16)18-9-13-8-15(25-6-7-26)4-2-12(13)10-19(18)24/h2-5,8-11,24,26H,6-7H2. The molecule has 0 saturated carbocycles. The van der Waals surface area contributed by atoms with Crippen molar-refractivity contribution in [3.05, 3.63) is 59.9 Å². The third-order valence-electron chi connectivity index (χ3n) is 3.97. The quantitative estimate of drug-likeness (QED) is 0.423. The molecule has 0 fully saturated rings. The van der Waals surface area contributed by atoms with Crippen LogP contribution >= 0.6 is 12.6 Å². The number of phenolic OH excluding ortho intramolecular Hbond substituents is 1. The highest BCUT2D eigenvalue weighted by molar-refractivity contribution is 7.80. The van der Waals surface area contributed by atoms with Crippen LogP contribution < -0.4 is 4.74 Å². The summed E-state index contributed by atoms with van der Waals surface area (Å²) in [6.07, 6.45) is 0. The highest BCUT2D eigenvalue weighted by Crippen LogP contribution is 2.30. The van der Waals surface area contributed by atoms with Crippen molar-refractivity contribution in [3.63, 3.8) is 0 Å². The molecule has 0 atom stereocenters. The van der Waals surface area contributed by atoms with Crippen LogP contribution in [0.2, 0.25) is 0 Å². The smallest absolute Gasteiger partial charge is 0.189 e. The van der Waals surface area contributed by atoms with Crippen molar-refractivity contribution in [2.24, 2.45) is 0 Å². The molecule has 7 heteroatoms. The van der Waals surface area contributed by atoms with Gasteiger partial charge in [0.05, 0.1) is 13.2 Å². The lowest BCUT2D eigenvalue weighted by atomic mass is 10.1. The summed E-state index contributed by atoms with van der Waals surface area (Å²) < 4.78 is 5.61. The van der Waals surface area contributed by atoms with E-state index in [1.165, 1.54) is 4.80 Å². The Hall–Kier alpha value is -3.24. The molecule has 0 aliphatic rings. The van der Waals surface area contributed by atoms with Crippen LogP contribution in [0.25, 0.3) is 32.3 Å². The fourth-order valence-electron chi connectivity index (χ4n) is 2.75. The normalized spacial score (nSPS) is 10.9. The number of aromatic hydroxyl groups is 1. The lowest BCUT2D eigenvalue weighted by molar-refractivity contribution is 0.345. The van der Waals surface area contributed by atoms with Crippen LogP contribution in [0.15, 0.2) is 48.5 Å². The maximum Gasteiger partial charge on any atom is 0.189 e. The number of benzene rings is 3. The third kappa shape index (κ3) is 2.91. The summed E-state index contributed by atoms with van der Waals surface area (Å²) in [5.41, 5.74) is 2.22. The maximum absolute atomic E-state index is 10.4. The second kappa shape index (κ2) is 6.58. The van der Waals surface area contributed by atoms with Gasteiger partial charge in [0.2, 0.25) is 0 Å². The van der Waals surface area contributed by atoms with Gasteiger partial charge < -0.3 is 9.84 Å². The number of nitrogens with zero attached hydrogens (tertiary/aromatic N) is 4. The lowest BCUT2D eigenvalue weighted by Crippen LogP contribution is -2.00. The highest BCUT2D eigenvalue weighted by atomic mass is 32.1. The number of phenols is 1.